The number of anilines is 1. The van der Waals surface area contributed by atoms with Crippen LogP contribution >= 0.6 is 46.4 Å². The highest BCUT2D eigenvalue weighted by Gasteiger charge is 2.54. The number of nitrogens with zero attached hydrogens (tertiary/aromatic N) is 6. The zero-order valence-electron chi connectivity index (χ0n) is 28.6. The van der Waals surface area contributed by atoms with Crippen LogP contribution in [-0.2, 0) is 40.7 Å². The molecule has 22 heteroatoms. The second-order valence-electron chi connectivity index (χ2n) is 11.7. The van der Waals surface area contributed by atoms with E-state index < -0.39 is 53.0 Å². The molecular formula is C31H34N9O9S4+. The van der Waals surface area contributed by atoms with Gasteiger partial charge in [0.2, 0.25) is 28.5 Å². The molecule has 5 rings (SSSR count). The van der Waals surface area contributed by atoms with Crippen molar-refractivity contribution in [3.8, 4) is 11.3 Å². The number of aromatic nitrogens is 4. The van der Waals surface area contributed by atoms with Gasteiger partial charge in [0.1, 0.15) is 36.8 Å². The summed E-state index contributed by atoms with van der Waals surface area (Å²) in [5, 5.41) is 31.8. The summed E-state index contributed by atoms with van der Waals surface area (Å²) in [7, 11) is 1.91. The molecule has 2 aliphatic heterocycles. The van der Waals surface area contributed by atoms with Crippen LogP contribution < -0.4 is 20.5 Å². The van der Waals surface area contributed by atoms with Gasteiger partial charge >= 0.3 is 11.9 Å². The van der Waals surface area contributed by atoms with Crippen LogP contribution in [0.2, 0.25) is 0 Å². The highest BCUT2D eigenvalue weighted by molar-refractivity contribution is 8.07. The number of β-lactam (4-membered cyclic amide) rings is 1. The number of pyridine rings is 1. The molecule has 4 amide bonds. The van der Waals surface area contributed by atoms with E-state index in [1.54, 1.807) is 20.8 Å². The second-order valence-corrected chi connectivity index (χ2v) is 15.8. The maximum absolute atomic E-state index is 13.4. The normalized spacial score (nSPS) is 17.5. The zero-order valence-corrected chi connectivity index (χ0v) is 31.9. The molecule has 0 saturated carbocycles. The Bertz CT molecular complexity index is 1980. The first kappa shape index (κ1) is 39.3. The van der Waals surface area contributed by atoms with Crippen LogP contribution in [-0.4, -0.2) is 101 Å². The third kappa shape index (κ3) is 9.36. The van der Waals surface area contributed by atoms with Gasteiger partial charge in [-0.2, -0.15) is 9.36 Å². The predicted molar refractivity (Wildman–Crippen MR) is 195 cm³/mol. The molecule has 3 aromatic heterocycles. The molecule has 2 aliphatic rings. The van der Waals surface area contributed by atoms with E-state index in [-0.39, 0.29) is 53.5 Å². The van der Waals surface area contributed by atoms with Crippen molar-refractivity contribution in [1.29, 1.82) is 0 Å². The highest BCUT2D eigenvalue weighted by atomic mass is 32.2. The smallest absolute Gasteiger partial charge is 0.353 e. The summed E-state index contributed by atoms with van der Waals surface area (Å²) in [5.41, 5.74) is 1.08. The van der Waals surface area contributed by atoms with Gasteiger partial charge < -0.3 is 31.0 Å². The Morgan fingerprint density at radius 1 is 1.13 bits per heavy atom. The first-order valence-electron chi connectivity index (χ1n) is 15.9. The molecule has 0 aliphatic carbocycles. The van der Waals surface area contributed by atoms with E-state index >= 15 is 0 Å². The largest absolute Gasteiger partial charge is 0.480 e. The molecule has 1 fully saturated rings. The summed E-state index contributed by atoms with van der Waals surface area (Å²) in [6.45, 7) is 5.00. The maximum Gasteiger partial charge on any atom is 0.353 e. The molecule has 53 heavy (non-hydrogen) atoms. The van der Waals surface area contributed by atoms with Crippen molar-refractivity contribution in [3.05, 3.63) is 46.3 Å². The number of thioether (sulfide) groups is 2. The molecular weight excluding hydrogens is 771 g/mol. The van der Waals surface area contributed by atoms with Crippen LogP contribution in [0.15, 0.2) is 50.0 Å². The monoisotopic (exact) mass is 804 g/mol. The molecule has 3 atom stereocenters. The van der Waals surface area contributed by atoms with Crippen LogP contribution in [0.3, 0.4) is 0 Å². The number of carboxylic acids is 2. The lowest BCUT2D eigenvalue weighted by Gasteiger charge is -2.49. The van der Waals surface area contributed by atoms with Crippen molar-refractivity contribution in [2.75, 3.05) is 17.7 Å². The maximum atomic E-state index is 13.4. The molecule has 0 bridgehead atoms. The molecule has 0 radical (unpaired) electrons. The third-order valence-electron chi connectivity index (χ3n) is 7.60. The number of thiazole rings is 1. The molecule has 1 saturated heterocycles. The van der Waals surface area contributed by atoms with Crippen LogP contribution in [0.4, 0.5) is 5.13 Å². The van der Waals surface area contributed by atoms with Gasteiger partial charge in [-0.3, -0.25) is 24.1 Å². The number of nitrogens with one attached hydrogen (secondary N) is 3. The Hall–Kier alpha value is -4.93. The minimum atomic E-state index is -1.29. The van der Waals surface area contributed by atoms with Crippen LogP contribution in [0.5, 0.6) is 0 Å². The van der Waals surface area contributed by atoms with Crippen molar-refractivity contribution in [2.24, 2.45) is 18.1 Å². The zero-order chi connectivity index (χ0) is 38.4. The van der Waals surface area contributed by atoms with E-state index in [9.17, 15) is 39.0 Å². The average Bonchev–Trinajstić information content (AvgIpc) is 3.78. The van der Waals surface area contributed by atoms with Gasteiger partial charge in [-0.25, -0.2) is 19.1 Å². The predicted octanol–water partition coefficient (Wildman–Crippen LogP) is 1.66. The topological polar surface area (TPSA) is 246 Å². The summed E-state index contributed by atoms with van der Waals surface area (Å²) in [6, 6.07) is 1.66. The minimum absolute atomic E-state index is 0.0202. The number of fused-ring (bicyclic) bond motifs is 1. The molecule has 0 spiro atoms. The molecule has 3 aromatic rings. The highest BCUT2D eigenvalue weighted by Crippen LogP contribution is 2.46. The number of aryl methyl sites for hydroxylation is 1. The van der Waals surface area contributed by atoms with Crippen molar-refractivity contribution >= 4 is 92.8 Å². The van der Waals surface area contributed by atoms with Crippen LogP contribution in [0.25, 0.3) is 11.3 Å². The lowest BCUT2D eigenvalue weighted by Crippen LogP contribution is -2.71. The Kier molecular flexibility index (Phi) is 12.8. The fourth-order valence-electron chi connectivity index (χ4n) is 4.94. The quantitative estimate of drug-likeness (QED) is 0.0599. The second kappa shape index (κ2) is 17.3. The molecule has 0 aromatic carbocycles. The van der Waals surface area contributed by atoms with E-state index in [1.165, 1.54) is 34.9 Å². The van der Waals surface area contributed by atoms with Crippen molar-refractivity contribution < 1.29 is 48.4 Å². The summed E-state index contributed by atoms with van der Waals surface area (Å²) < 4.78 is 6.60. The van der Waals surface area contributed by atoms with Crippen molar-refractivity contribution in [2.45, 2.75) is 55.4 Å². The van der Waals surface area contributed by atoms with Crippen LogP contribution in [0.1, 0.15) is 39.4 Å². The number of oxime groups is 1. The number of hydrogen-bond acceptors (Lipinski definition) is 15. The van der Waals surface area contributed by atoms with Gasteiger partial charge in [0.05, 0.1) is 5.69 Å². The number of hydrogen-bond donors (Lipinski definition) is 5. The number of carboxylic acid groups (broad SMARTS) is 2. The van der Waals surface area contributed by atoms with Gasteiger partial charge in [-0.15, -0.1) is 23.1 Å². The van der Waals surface area contributed by atoms with E-state index in [0.29, 0.717) is 9.24 Å². The van der Waals surface area contributed by atoms with E-state index in [0.717, 1.165) is 27.7 Å². The fraction of sp³-hybridized carbons (Fsp3) is 0.387. The van der Waals surface area contributed by atoms with Gasteiger partial charge in [-0.1, -0.05) is 30.8 Å². The first-order chi connectivity index (χ1) is 25.3. The van der Waals surface area contributed by atoms with Gasteiger partial charge in [0, 0.05) is 58.1 Å². The Balaban J connectivity index is 1.21. The fourth-order valence-corrected chi connectivity index (χ4v) is 8.99. The number of rotatable bonds is 16. The summed E-state index contributed by atoms with van der Waals surface area (Å²) >= 11 is 4.55. The van der Waals surface area contributed by atoms with E-state index in [2.05, 4.69) is 35.4 Å². The van der Waals surface area contributed by atoms with Crippen molar-refractivity contribution in [1.82, 2.24) is 29.9 Å². The van der Waals surface area contributed by atoms with E-state index in [4.69, 9.17) is 4.84 Å². The SMILES string of the molecule is CCO/N=C(\C(=O)N[C@@H]1C(=O)N2C(C(=O)O)=C(Sc3nc(-c4cc[n+](C)cc4)cs3)CS[C@H]12)c1nsc(NC(=O)CCC(=O)NC(C(=O)O)C(C)C)n1. The first-order valence-corrected chi connectivity index (χ1v) is 19.5. The molecule has 18 nitrogen and oxygen atoms in total. The summed E-state index contributed by atoms with van der Waals surface area (Å²) in [6.07, 6.45) is 3.23. The molecule has 5 heterocycles. The van der Waals surface area contributed by atoms with Crippen molar-refractivity contribution in [3.63, 3.8) is 0 Å². The van der Waals surface area contributed by atoms with E-state index in [1.807, 2.05) is 41.5 Å². The minimum Gasteiger partial charge on any atom is -0.480 e. The number of carbonyl (C=O) groups excluding carboxylic acids is 4. The molecule has 5 N–H and O–H groups in total. The third-order valence-corrected chi connectivity index (χ3v) is 11.7. The average molecular weight is 805 g/mol. The number of aliphatic carboxylic acids is 2. The lowest BCUT2D eigenvalue weighted by atomic mass is 10.0. The summed E-state index contributed by atoms with van der Waals surface area (Å²) in [5.74, 6) is -5.53. The Morgan fingerprint density at radius 3 is 2.51 bits per heavy atom. The Labute approximate surface area is 318 Å². The van der Waals surface area contributed by atoms with Crippen LogP contribution in [0, 0.1) is 5.92 Å². The van der Waals surface area contributed by atoms with Gasteiger partial charge in [0.25, 0.3) is 11.8 Å². The molecule has 280 valence electrons. The van der Waals surface area contributed by atoms with Gasteiger partial charge in [0.15, 0.2) is 16.7 Å². The van der Waals surface area contributed by atoms with Gasteiger partial charge in [-0.05, 0) is 12.8 Å². The lowest BCUT2D eigenvalue weighted by molar-refractivity contribution is -0.671. The standard InChI is InChI=1S/C31H33N9O9S4/c1-5-49-37-21(24-36-30(53-38-24)34-19(42)7-6-18(41)33-20(14(2)3)28(45)46)25(43)35-22-26(44)40-23(29(47)48)17(13-50-27(22)40)52-31-32-16(12-51-31)15-8-10-39(4)11-9-15/h8-12,14,20,22,27H,5-7,13H2,1-4H3,(H4-,33,34,35,36,38,41,42,43,45,46,47,48)/p+1/b37-21-/t20?,22-,27-/m1/s1. The molecule has 1 unspecified atom stereocenters. The Morgan fingerprint density at radius 2 is 1.85 bits per heavy atom. The summed E-state index contributed by atoms with van der Waals surface area (Å²) in [4.78, 5) is 90.7. The number of amides is 4. The number of carbonyl (C=O) groups is 6.